The Hall–Kier alpha value is -2.64. The standard InChI is InChI=1S/C19H28N4O4/c1-19(2,3)27-18(26)21-10-6-16(24)22-15-7-11-23(12-8-15)17(25)14-5-4-9-20-13-14/h4-5,9,13,15H,6-8,10-12H2,1-3H3,(H,21,26)(H,22,24). The fourth-order valence-corrected chi connectivity index (χ4v) is 2.79. The minimum absolute atomic E-state index is 0.0329. The SMILES string of the molecule is CC(C)(C)OC(=O)NCCC(=O)NC1CCN(C(=O)c2cccnc2)CC1. The Kier molecular flexibility index (Phi) is 7.15. The number of piperidine rings is 1. The molecular formula is C19H28N4O4. The highest BCUT2D eigenvalue weighted by Gasteiger charge is 2.24. The molecule has 0 atom stereocenters. The molecule has 0 aromatic carbocycles. The zero-order valence-electron chi connectivity index (χ0n) is 16.2. The molecule has 2 N–H and O–H groups in total. The van der Waals surface area contributed by atoms with Crippen LogP contribution < -0.4 is 10.6 Å². The van der Waals surface area contributed by atoms with E-state index in [9.17, 15) is 14.4 Å². The summed E-state index contributed by atoms with van der Waals surface area (Å²) in [6.07, 6.45) is 4.27. The van der Waals surface area contributed by atoms with Gasteiger partial charge < -0.3 is 20.3 Å². The van der Waals surface area contributed by atoms with Crippen LogP contribution in [-0.2, 0) is 9.53 Å². The van der Waals surface area contributed by atoms with Crippen LogP contribution in [0.3, 0.4) is 0 Å². The number of pyridine rings is 1. The molecule has 8 heteroatoms. The first-order valence-electron chi connectivity index (χ1n) is 9.20. The highest BCUT2D eigenvalue weighted by atomic mass is 16.6. The topological polar surface area (TPSA) is 101 Å². The van der Waals surface area contributed by atoms with Crippen LogP contribution in [0.15, 0.2) is 24.5 Å². The highest BCUT2D eigenvalue weighted by Crippen LogP contribution is 2.13. The van der Waals surface area contributed by atoms with Crippen molar-refractivity contribution >= 4 is 17.9 Å². The minimum Gasteiger partial charge on any atom is -0.444 e. The minimum atomic E-state index is -0.562. The largest absolute Gasteiger partial charge is 0.444 e. The smallest absolute Gasteiger partial charge is 0.407 e. The summed E-state index contributed by atoms with van der Waals surface area (Å²) in [4.78, 5) is 41.7. The number of likely N-dealkylation sites (tertiary alicyclic amines) is 1. The number of nitrogens with one attached hydrogen (secondary N) is 2. The molecule has 8 nitrogen and oxygen atoms in total. The zero-order valence-corrected chi connectivity index (χ0v) is 16.2. The quantitative estimate of drug-likeness (QED) is 0.815. The Morgan fingerprint density at radius 1 is 1.26 bits per heavy atom. The molecule has 27 heavy (non-hydrogen) atoms. The van der Waals surface area contributed by atoms with Crippen LogP contribution in [0, 0.1) is 0 Å². The van der Waals surface area contributed by atoms with Crippen molar-refractivity contribution in [3.8, 4) is 0 Å². The predicted octanol–water partition coefficient (Wildman–Crippen LogP) is 1.72. The van der Waals surface area contributed by atoms with E-state index in [1.54, 1.807) is 50.2 Å². The average molecular weight is 376 g/mol. The first-order valence-corrected chi connectivity index (χ1v) is 9.20. The van der Waals surface area contributed by atoms with E-state index in [4.69, 9.17) is 4.74 Å². The number of rotatable bonds is 5. The summed E-state index contributed by atoms with van der Waals surface area (Å²) in [5, 5.41) is 5.53. The van der Waals surface area contributed by atoms with Crippen LogP contribution in [0.2, 0.25) is 0 Å². The van der Waals surface area contributed by atoms with Gasteiger partial charge in [-0.1, -0.05) is 0 Å². The molecule has 148 valence electrons. The lowest BCUT2D eigenvalue weighted by Crippen LogP contribution is -2.47. The van der Waals surface area contributed by atoms with Crippen molar-refractivity contribution < 1.29 is 19.1 Å². The number of aromatic nitrogens is 1. The summed E-state index contributed by atoms with van der Waals surface area (Å²) >= 11 is 0. The number of amides is 3. The Bertz CT molecular complexity index is 649. The summed E-state index contributed by atoms with van der Waals surface area (Å²) in [6, 6.07) is 3.53. The number of carbonyl (C=O) groups excluding carboxylic acids is 3. The van der Waals surface area contributed by atoms with Gasteiger partial charge in [-0.2, -0.15) is 0 Å². The Labute approximate surface area is 159 Å². The van der Waals surface area contributed by atoms with Gasteiger partial charge in [0.25, 0.3) is 5.91 Å². The van der Waals surface area contributed by atoms with E-state index < -0.39 is 11.7 Å². The summed E-state index contributed by atoms with van der Waals surface area (Å²) in [6.45, 7) is 6.75. The highest BCUT2D eigenvalue weighted by molar-refractivity contribution is 5.93. The van der Waals surface area contributed by atoms with E-state index in [-0.39, 0.29) is 30.8 Å². The summed E-state index contributed by atoms with van der Waals surface area (Å²) in [5.41, 5.74) is 0.0151. The fourth-order valence-electron chi connectivity index (χ4n) is 2.79. The van der Waals surface area contributed by atoms with Crippen molar-refractivity contribution in [1.29, 1.82) is 0 Å². The molecule has 1 fully saturated rings. The number of nitrogens with zero attached hydrogens (tertiary/aromatic N) is 2. The molecule has 1 aromatic heterocycles. The van der Waals surface area contributed by atoms with Gasteiger partial charge in [0, 0.05) is 44.5 Å². The van der Waals surface area contributed by atoms with Crippen molar-refractivity contribution in [2.24, 2.45) is 0 Å². The van der Waals surface area contributed by atoms with Gasteiger partial charge in [0.2, 0.25) is 5.91 Å². The van der Waals surface area contributed by atoms with Crippen molar-refractivity contribution in [1.82, 2.24) is 20.5 Å². The maximum absolute atomic E-state index is 12.4. The molecular weight excluding hydrogens is 348 g/mol. The number of alkyl carbamates (subject to hydrolysis) is 1. The lowest BCUT2D eigenvalue weighted by molar-refractivity contribution is -0.121. The molecule has 0 radical (unpaired) electrons. The Morgan fingerprint density at radius 3 is 2.56 bits per heavy atom. The normalized spacial score (nSPS) is 15.1. The third kappa shape index (κ3) is 7.24. The molecule has 1 aromatic rings. The second-order valence-corrected chi connectivity index (χ2v) is 7.55. The van der Waals surface area contributed by atoms with Crippen LogP contribution in [0.4, 0.5) is 4.79 Å². The van der Waals surface area contributed by atoms with E-state index in [1.807, 2.05) is 0 Å². The molecule has 0 spiro atoms. The van der Waals surface area contributed by atoms with Crippen molar-refractivity contribution in [3.63, 3.8) is 0 Å². The lowest BCUT2D eigenvalue weighted by Gasteiger charge is -2.32. The molecule has 1 saturated heterocycles. The van der Waals surface area contributed by atoms with Gasteiger partial charge in [-0.15, -0.1) is 0 Å². The lowest BCUT2D eigenvalue weighted by atomic mass is 10.0. The van der Waals surface area contributed by atoms with Gasteiger partial charge in [0.15, 0.2) is 0 Å². The van der Waals surface area contributed by atoms with Gasteiger partial charge in [0.1, 0.15) is 5.60 Å². The van der Waals surface area contributed by atoms with Gasteiger partial charge >= 0.3 is 6.09 Å². The van der Waals surface area contributed by atoms with Crippen molar-refractivity contribution in [2.75, 3.05) is 19.6 Å². The molecule has 1 aliphatic heterocycles. The number of ether oxygens (including phenoxy) is 1. The molecule has 0 unspecified atom stereocenters. The van der Waals surface area contributed by atoms with E-state index in [1.165, 1.54) is 0 Å². The third-order valence-corrected chi connectivity index (χ3v) is 4.08. The van der Waals surface area contributed by atoms with Crippen molar-refractivity contribution in [3.05, 3.63) is 30.1 Å². The summed E-state index contributed by atoms with van der Waals surface area (Å²) in [5.74, 6) is -0.155. The molecule has 1 aliphatic rings. The van der Waals surface area contributed by atoms with Crippen molar-refractivity contribution in [2.45, 2.75) is 51.7 Å². The average Bonchev–Trinajstić information content (AvgIpc) is 2.61. The summed E-state index contributed by atoms with van der Waals surface area (Å²) in [7, 11) is 0. The van der Waals surface area contributed by atoms with Crippen LogP contribution in [0.25, 0.3) is 0 Å². The fraction of sp³-hybridized carbons (Fsp3) is 0.579. The number of hydrogen-bond acceptors (Lipinski definition) is 5. The molecule has 3 amide bonds. The second kappa shape index (κ2) is 9.34. The van der Waals surface area contributed by atoms with Gasteiger partial charge in [0.05, 0.1) is 5.56 Å². The first kappa shape index (κ1) is 20.7. The van der Waals surface area contributed by atoms with Gasteiger partial charge in [-0.3, -0.25) is 14.6 Å². The maximum atomic E-state index is 12.4. The van der Waals surface area contributed by atoms with Gasteiger partial charge in [-0.05, 0) is 45.7 Å². The number of carbonyl (C=O) groups is 3. The van der Waals surface area contributed by atoms with E-state index in [0.29, 0.717) is 31.5 Å². The second-order valence-electron chi connectivity index (χ2n) is 7.55. The molecule has 0 saturated carbocycles. The van der Waals surface area contributed by atoms with Crippen LogP contribution in [-0.4, -0.2) is 59.1 Å². The van der Waals surface area contributed by atoms with Crippen LogP contribution in [0.1, 0.15) is 50.4 Å². The van der Waals surface area contributed by atoms with Crippen LogP contribution in [0.5, 0.6) is 0 Å². The van der Waals surface area contributed by atoms with E-state index in [2.05, 4.69) is 15.6 Å². The Balaban J connectivity index is 1.66. The molecule has 2 heterocycles. The molecule has 0 aliphatic carbocycles. The number of hydrogen-bond donors (Lipinski definition) is 2. The van der Waals surface area contributed by atoms with E-state index in [0.717, 1.165) is 0 Å². The first-order chi connectivity index (χ1) is 12.7. The zero-order chi connectivity index (χ0) is 19.9. The summed E-state index contributed by atoms with van der Waals surface area (Å²) < 4.78 is 5.12. The third-order valence-electron chi connectivity index (χ3n) is 4.08. The molecule has 2 rings (SSSR count). The van der Waals surface area contributed by atoms with Crippen LogP contribution >= 0.6 is 0 Å². The predicted molar refractivity (Wildman–Crippen MR) is 100 cm³/mol. The monoisotopic (exact) mass is 376 g/mol. The molecule has 0 bridgehead atoms. The van der Waals surface area contributed by atoms with Gasteiger partial charge in [-0.25, -0.2) is 4.79 Å². The maximum Gasteiger partial charge on any atom is 0.407 e. The van der Waals surface area contributed by atoms with E-state index >= 15 is 0 Å². The Morgan fingerprint density at radius 2 is 1.96 bits per heavy atom.